The lowest BCUT2D eigenvalue weighted by molar-refractivity contribution is -0.165. The number of nitrogens with zero attached hydrogens (tertiary/aromatic N) is 2. The summed E-state index contributed by atoms with van der Waals surface area (Å²) in [7, 11) is 4.02. The third kappa shape index (κ3) is 9.63. The number of thiazole rings is 1. The number of carbonyl (C=O) groups excluding carboxylic acids is 1. The minimum Gasteiger partial charge on any atom is -0.496 e. The van der Waals surface area contributed by atoms with Gasteiger partial charge in [0.25, 0.3) is 0 Å². The van der Waals surface area contributed by atoms with E-state index in [0.29, 0.717) is 60.0 Å². The molecule has 1 aromatic heterocycles. The molecular formula is C44H42F3N2O4PS3. The number of amides is 1. The normalized spacial score (nSPS) is 12.6. The largest absolute Gasteiger partial charge is 0.496 e. The molecular weight excluding hydrogens is 805 g/mol. The fourth-order valence-corrected chi connectivity index (χ4v) is 9.43. The van der Waals surface area contributed by atoms with Crippen molar-refractivity contribution in [2.75, 3.05) is 26.0 Å². The van der Waals surface area contributed by atoms with Gasteiger partial charge >= 0.3 is 6.18 Å². The van der Waals surface area contributed by atoms with Gasteiger partial charge in [-0.25, -0.2) is 4.98 Å². The van der Waals surface area contributed by atoms with Crippen LogP contribution in [0, 0.1) is 6.92 Å². The highest BCUT2D eigenvalue weighted by Crippen LogP contribution is 2.53. The van der Waals surface area contributed by atoms with Gasteiger partial charge in [-0.05, 0) is 92.9 Å². The number of thioether (sulfide) groups is 1. The molecule has 0 atom stereocenters. The van der Waals surface area contributed by atoms with E-state index in [1.54, 1.807) is 41.3 Å². The van der Waals surface area contributed by atoms with E-state index < -0.39 is 24.0 Å². The van der Waals surface area contributed by atoms with Gasteiger partial charge in [0.2, 0.25) is 5.91 Å². The van der Waals surface area contributed by atoms with E-state index in [0.717, 1.165) is 47.5 Å². The Hall–Kier alpha value is -4.48. The molecule has 57 heavy (non-hydrogen) atoms. The summed E-state index contributed by atoms with van der Waals surface area (Å²) >= 11 is 7.05. The van der Waals surface area contributed by atoms with Crippen LogP contribution in [-0.2, 0) is 35.2 Å². The van der Waals surface area contributed by atoms with Gasteiger partial charge in [-0.3, -0.25) is 4.79 Å². The van der Waals surface area contributed by atoms with E-state index in [2.05, 4.69) is 19.8 Å². The van der Waals surface area contributed by atoms with Crippen LogP contribution < -0.4 is 14.2 Å². The zero-order valence-corrected chi connectivity index (χ0v) is 35.2. The summed E-state index contributed by atoms with van der Waals surface area (Å²) in [4.78, 5) is 20.9. The average Bonchev–Trinajstić information content (AvgIpc) is 3.76. The van der Waals surface area contributed by atoms with E-state index in [-0.39, 0.29) is 6.54 Å². The second-order valence-electron chi connectivity index (χ2n) is 13.5. The van der Waals surface area contributed by atoms with Crippen LogP contribution in [0.15, 0.2) is 114 Å². The predicted molar refractivity (Wildman–Crippen MR) is 229 cm³/mol. The Bertz CT molecular complexity index is 2270. The van der Waals surface area contributed by atoms with Crippen molar-refractivity contribution in [1.29, 1.82) is 0 Å². The number of alkyl halides is 3. The van der Waals surface area contributed by atoms with Crippen molar-refractivity contribution in [3.05, 3.63) is 137 Å². The standard InChI is InChI=1S/C44H41F3N2O4S2.HPS/c1-4-52-33-20-21-38-40(25-33)55-42(48-38)54-23-9-22-43(36-12-7-5-10-34(36)35-11-6-8-13-37(35)43)41(50)49(28-44(45,46)47)26-31-18-19-32(24-39(31)51-3)53-27-30-16-14-29(2)15-17-30;1-2/h5-8,10-21,24-25H,4,9,22-23,26-28H2,1-3H3;1H. The zero-order chi connectivity index (χ0) is 40.6. The molecule has 0 fully saturated rings. The Morgan fingerprint density at radius 3 is 2.19 bits per heavy atom. The number of benzene rings is 5. The summed E-state index contributed by atoms with van der Waals surface area (Å²) in [6, 6.07) is 34.0. The van der Waals surface area contributed by atoms with Gasteiger partial charge in [0.1, 0.15) is 35.8 Å². The second-order valence-corrected chi connectivity index (χ2v) is 15.9. The number of aromatic nitrogens is 1. The Morgan fingerprint density at radius 1 is 0.895 bits per heavy atom. The van der Waals surface area contributed by atoms with Crippen molar-refractivity contribution in [2.24, 2.45) is 0 Å². The lowest BCUT2D eigenvalue weighted by Gasteiger charge is -2.37. The number of methoxy groups -OCH3 is 1. The summed E-state index contributed by atoms with van der Waals surface area (Å²) in [6.45, 7) is 3.11. The lowest BCUT2D eigenvalue weighted by Crippen LogP contribution is -2.49. The van der Waals surface area contributed by atoms with Crippen LogP contribution in [0.1, 0.15) is 47.6 Å². The molecule has 6 aromatic rings. The highest BCUT2D eigenvalue weighted by molar-refractivity contribution is 8.01. The van der Waals surface area contributed by atoms with Crippen LogP contribution in [0.5, 0.6) is 17.2 Å². The molecule has 6 nitrogen and oxygen atoms in total. The third-order valence-corrected chi connectivity index (χ3v) is 12.1. The Balaban J connectivity index is 0.00000270. The Labute approximate surface area is 346 Å². The van der Waals surface area contributed by atoms with Gasteiger partial charge in [0.05, 0.1) is 23.9 Å². The smallest absolute Gasteiger partial charge is 0.406 e. The van der Waals surface area contributed by atoms with Gasteiger partial charge < -0.3 is 19.1 Å². The predicted octanol–water partition coefficient (Wildman–Crippen LogP) is 11.6. The molecule has 0 radical (unpaired) electrons. The molecule has 1 aliphatic carbocycles. The molecule has 1 heterocycles. The lowest BCUT2D eigenvalue weighted by atomic mass is 9.73. The molecule has 296 valence electrons. The van der Waals surface area contributed by atoms with Crippen molar-refractivity contribution in [2.45, 2.75) is 55.8 Å². The first kappa shape index (κ1) is 42.1. The fraction of sp³-hybridized carbons (Fsp3) is 0.273. The molecule has 0 saturated heterocycles. The first-order chi connectivity index (χ1) is 27.6. The van der Waals surface area contributed by atoms with E-state index in [1.165, 1.54) is 7.11 Å². The van der Waals surface area contributed by atoms with Crippen molar-refractivity contribution < 1.29 is 32.2 Å². The molecule has 0 spiro atoms. The van der Waals surface area contributed by atoms with Crippen LogP contribution >= 0.6 is 31.1 Å². The molecule has 13 heteroatoms. The number of hydrogen-bond donors (Lipinski definition) is 0. The van der Waals surface area contributed by atoms with E-state index in [1.807, 2.05) is 105 Å². The number of aryl methyl sites for hydroxylation is 1. The maximum atomic E-state index is 15.2. The number of halogens is 3. The first-order valence-corrected chi connectivity index (χ1v) is 21.8. The minimum atomic E-state index is -4.65. The molecule has 0 N–H and O–H groups in total. The maximum absolute atomic E-state index is 15.2. The average molecular weight is 847 g/mol. The van der Waals surface area contributed by atoms with Gasteiger partial charge in [0, 0.05) is 23.9 Å². The van der Waals surface area contributed by atoms with Crippen LogP contribution in [0.25, 0.3) is 21.3 Å². The van der Waals surface area contributed by atoms with Gasteiger partial charge in [-0.15, -0.1) is 11.3 Å². The topological polar surface area (TPSA) is 60.9 Å². The molecule has 0 aliphatic heterocycles. The maximum Gasteiger partial charge on any atom is 0.406 e. The monoisotopic (exact) mass is 846 g/mol. The molecule has 1 amide bonds. The fourth-order valence-electron chi connectivity index (χ4n) is 7.32. The van der Waals surface area contributed by atoms with E-state index in [9.17, 15) is 13.2 Å². The molecule has 1 aliphatic rings. The van der Waals surface area contributed by atoms with Crippen LogP contribution in [0.3, 0.4) is 0 Å². The van der Waals surface area contributed by atoms with Crippen molar-refractivity contribution in [1.82, 2.24) is 9.88 Å². The van der Waals surface area contributed by atoms with Crippen molar-refractivity contribution >= 4 is 59.0 Å². The molecule has 0 unspecified atom stereocenters. The van der Waals surface area contributed by atoms with Gasteiger partial charge in [0.15, 0.2) is 4.34 Å². The number of fused-ring (bicyclic) bond motifs is 4. The third-order valence-electron chi connectivity index (χ3n) is 9.81. The number of ether oxygens (including phenoxy) is 3. The Kier molecular flexibility index (Phi) is 13.9. The summed E-state index contributed by atoms with van der Waals surface area (Å²) in [5, 5.41) is 0. The van der Waals surface area contributed by atoms with Crippen molar-refractivity contribution in [3.63, 3.8) is 0 Å². The first-order valence-electron chi connectivity index (χ1n) is 18.4. The van der Waals surface area contributed by atoms with Gasteiger partial charge in [-0.2, -0.15) is 13.2 Å². The number of hydrogen-bond acceptors (Lipinski definition) is 8. The zero-order valence-electron chi connectivity index (χ0n) is 31.7. The molecule has 5 aromatic carbocycles. The van der Waals surface area contributed by atoms with Crippen molar-refractivity contribution in [3.8, 4) is 28.4 Å². The number of carbonyl (C=O) groups is 1. The van der Waals surface area contributed by atoms with Crippen LogP contribution in [-0.4, -0.2) is 48.0 Å². The van der Waals surface area contributed by atoms with Gasteiger partial charge in [-0.1, -0.05) is 102 Å². The molecule has 7 rings (SSSR count). The van der Waals surface area contributed by atoms with Crippen LogP contribution in [0.4, 0.5) is 13.2 Å². The SMILES string of the molecule is CCOc1ccc2nc(SCCCC3(C(=O)N(Cc4ccc(OCc5ccc(C)cc5)cc4OC)CC(F)(F)F)c4ccccc4-c4ccccc43)sc2c1.P=S. The second kappa shape index (κ2) is 18.9. The summed E-state index contributed by atoms with van der Waals surface area (Å²) < 4.78 is 62.7. The quantitative estimate of drug-likeness (QED) is 0.0579. The Morgan fingerprint density at radius 2 is 1.54 bits per heavy atom. The highest BCUT2D eigenvalue weighted by Gasteiger charge is 2.51. The minimum absolute atomic E-state index is 0.309. The van der Waals surface area contributed by atoms with E-state index >= 15 is 4.79 Å². The number of rotatable bonds is 15. The highest BCUT2D eigenvalue weighted by atomic mass is 32.4. The summed E-state index contributed by atoms with van der Waals surface area (Å²) in [5.74, 6) is 1.65. The van der Waals surface area contributed by atoms with E-state index in [4.69, 9.17) is 19.2 Å². The summed E-state index contributed by atoms with van der Waals surface area (Å²) in [6.07, 6.45) is -3.79. The molecule has 0 bridgehead atoms. The summed E-state index contributed by atoms with van der Waals surface area (Å²) in [5.41, 5.74) is 5.24. The molecule has 0 saturated carbocycles. The van der Waals surface area contributed by atoms with Crippen LogP contribution in [0.2, 0.25) is 0 Å².